The Morgan fingerprint density at radius 3 is 3.00 bits per heavy atom. The molecule has 1 fully saturated rings. The molecule has 1 aliphatic heterocycles. The van der Waals surface area contributed by atoms with Crippen molar-refractivity contribution in [2.24, 2.45) is 10.9 Å². The van der Waals surface area contributed by atoms with Gasteiger partial charge in [0.15, 0.2) is 5.96 Å². The second kappa shape index (κ2) is 10.7. The van der Waals surface area contributed by atoms with Crippen molar-refractivity contribution in [3.05, 3.63) is 18.5 Å². The quantitative estimate of drug-likeness (QED) is 0.424. The summed E-state index contributed by atoms with van der Waals surface area (Å²) in [4.78, 5) is 18.9. The molecule has 0 spiro atoms. The van der Waals surface area contributed by atoms with Crippen molar-refractivity contribution in [2.75, 3.05) is 32.7 Å². The van der Waals surface area contributed by atoms with Gasteiger partial charge in [-0.05, 0) is 38.2 Å². The molecule has 1 aromatic rings. The summed E-state index contributed by atoms with van der Waals surface area (Å²) in [5.74, 6) is 1.65. The van der Waals surface area contributed by atoms with Gasteiger partial charge in [-0.1, -0.05) is 6.92 Å². The van der Waals surface area contributed by atoms with Gasteiger partial charge in [-0.2, -0.15) is 5.10 Å². The number of amides is 1. The molecule has 0 saturated carbocycles. The van der Waals surface area contributed by atoms with E-state index in [-0.39, 0.29) is 5.91 Å². The maximum Gasteiger partial charge on any atom is 0.224 e. The highest BCUT2D eigenvalue weighted by Gasteiger charge is 2.20. The number of rotatable bonds is 8. The van der Waals surface area contributed by atoms with E-state index in [4.69, 9.17) is 0 Å². The molecule has 1 aromatic heterocycles. The predicted molar refractivity (Wildman–Crippen MR) is 100 cm³/mol. The fraction of sp³-hybridized carbons (Fsp3) is 0.722. The summed E-state index contributed by atoms with van der Waals surface area (Å²) in [5.41, 5.74) is 0. The predicted octanol–water partition coefficient (Wildman–Crippen LogP) is 1.48. The van der Waals surface area contributed by atoms with E-state index in [0.29, 0.717) is 18.9 Å². The number of likely N-dealkylation sites (tertiary alicyclic amines) is 1. The fourth-order valence-corrected chi connectivity index (χ4v) is 3.06. The van der Waals surface area contributed by atoms with E-state index in [2.05, 4.69) is 27.6 Å². The molecule has 0 radical (unpaired) electrons. The minimum atomic E-state index is 0.244. The molecule has 1 saturated heterocycles. The van der Waals surface area contributed by atoms with Gasteiger partial charge >= 0.3 is 0 Å². The number of aryl methyl sites for hydroxylation is 1. The molecule has 2 heterocycles. The van der Waals surface area contributed by atoms with Gasteiger partial charge in [0.2, 0.25) is 5.91 Å². The Morgan fingerprint density at radius 1 is 1.40 bits per heavy atom. The van der Waals surface area contributed by atoms with Crippen LogP contribution in [-0.2, 0) is 11.3 Å². The van der Waals surface area contributed by atoms with E-state index in [1.165, 1.54) is 6.42 Å². The van der Waals surface area contributed by atoms with E-state index in [9.17, 15) is 4.79 Å². The van der Waals surface area contributed by atoms with Gasteiger partial charge in [-0.3, -0.25) is 14.5 Å². The summed E-state index contributed by atoms with van der Waals surface area (Å²) in [6, 6.07) is 1.93. The molecular formula is C18H32N6O. The Morgan fingerprint density at radius 2 is 2.28 bits per heavy atom. The molecular weight excluding hydrogens is 316 g/mol. The molecule has 2 N–H and O–H groups in total. The van der Waals surface area contributed by atoms with E-state index in [0.717, 1.165) is 51.5 Å². The molecule has 7 heteroatoms. The number of nitrogens with one attached hydrogen (secondary N) is 2. The van der Waals surface area contributed by atoms with Crippen LogP contribution in [0.15, 0.2) is 23.5 Å². The van der Waals surface area contributed by atoms with E-state index in [1.54, 1.807) is 6.20 Å². The molecule has 1 aliphatic rings. The van der Waals surface area contributed by atoms with E-state index in [1.807, 2.05) is 28.8 Å². The Bertz CT molecular complexity index is 528. The number of hydrogen-bond acceptors (Lipinski definition) is 3. The highest BCUT2D eigenvalue weighted by atomic mass is 16.2. The normalized spacial score (nSPS) is 18.2. The zero-order valence-corrected chi connectivity index (χ0v) is 15.6. The lowest BCUT2D eigenvalue weighted by molar-refractivity contribution is -0.132. The van der Waals surface area contributed by atoms with Crippen LogP contribution in [0.5, 0.6) is 0 Å². The van der Waals surface area contributed by atoms with Crippen molar-refractivity contribution < 1.29 is 4.79 Å². The van der Waals surface area contributed by atoms with Gasteiger partial charge in [-0.25, -0.2) is 0 Å². The third-order valence-electron chi connectivity index (χ3n) is 4.36. The van der Waals surface area contributed by atoms with Crippen molar-refractivity contribution in [3.63, 3.8) is 0 Å². The summed E-state index contributed by atoms with van der Waals surface area (Å²) in [5, 5.41) is 10.7. The Kier molecular flexibility index (Phi) is 8.28. The number of aliphatic imine (C=N–C) groups is 1. The number of carbonyl (C=O) groups is 1. The summed E-state index contributed by atoms with van der Waals surface area (Å²) < 4.78 is 1.91. The third kappa shape index (κ3) is 7.15. The molecule has 1 atom stereocenters. The Labute approximate surface area is 150 Å². The molecule has 1 amide bonds. The average Bonchev–Trinajstić information content (AvgIpc) is 3.12. The van der Waals surface area contributed by atoms with Crippen LogP contribution in [0.25, 0.3) is 0 Å². The number of hydrogen-bond donors (Lipinski definition) is 2. The van der Waals surface area contributed by atoms with Crippen LogP contribution in [0.2, 0.25) is 0 Å². The second-order valence-electron chi connectivity index (χ2n) is 6.65. The lowest BCUT2D eigenvalue weighted by Crippen LogP contribution is -2.42. The topological polar surface area (TPSA) is 74.5 Å². The van der Waals surface area contributed by atoms with Gasteiger partial charge < -0.3 is 15.5 Å². The lowest BCUT2D eigenvalue weighted by atomic mass is 10.00. The number of aromatic nitrogens is 2. The molecule has 0 aliphatic carbocycles. The van der Waals surface area contributed by atoms with Crippen LogP contribution in [0, 0.1) is 5.92 Å². The number of guanidine groups is 1. The minimum Gasteiger partial charge on any atom is -0.357 e. The average molecular weight is 348 g/mol. The first-order valence-corrected chi connectivity index (χ1v) is 9.46. The van der Waals surface area contributed by atoms with Crippen LogP contribution in [0.1, 0.15) is 39.5 Å². The molecule has 140 valence electrons. The van der Waals surface area contributed by atoms with Gasteiger partial charge in [0.25, 0.3) is 0 Å². The van der Waals surface area contributed by atoms with Crippen LogP contribution < -0.4 is 10.6 Å². The molecule has 25 heavy (non-hydrogen) atoms. The van der Waals surface area contributed by atoms with Crippen LogP contribution in [0.3, 0.4) is 0 Å². The van der Waals surface area contributed by atoms with Crippen LogP contribution in [0.4, 0.5) is 0 Å². The van der Waals surface area contributed by atoms with Crippen molar-refractivity contribution in [3.8, 4) is 0 Å². The third-order valence-corrected chi connectivity index (χ3v) is 4.36. The highest BCUT2D eigenvalue weighted by molar-refractivity contribution is 5.81. The van der Waals surface area contributed by atoms with Gasteiger partial charge in [0.05, 0.1) is 0 Å². The number of piperidine rings is 1. The monoisotopic (exact) mass is 348 g/mol. The van der Waals surface area contributed by atoms with Crippen molar-refractivity contribution in [1.82, 2.24) is 25.3 Å². The Balaban J connectivity index is 1.67. The first-order valence-electron chi connectivity index (χ1n) is 9.46. The molecule has 0 aromatic carbocycles. The van der Waals surface area contributed by atoms with Gasteiger partial charge in [-0.15, -0.1) is 0 Å². The smallest absolute Gasteiger partial charge is 0.224 e. The summed E-state index contributed by atoms with van der Waals surface area (Å²) in [6.45, 7) is 9.09. The number of carbonyl (C=O) groups excluding carboxylic acids is 1. The zero-order valence-electron chi connectivity index (χ0n) is 15.6. The molecule has 2 rings (SSSR count). The Hall–Kier alpha value is -2.05. The molecule has 1 unspecified atom stereocenters. The van der Waals surface area contributed by atoms with Crippen LogP contribution >= 0.6 is 0 Å². The van der Waals surface area contributed by atoms with Crippen molar-refractivity contribution in [1.29, 1.82) is 0 Å². The highest BCUT2D eigenvalue weighted by Crippen LogP contribution is 2.15. The zero-order chi connectivity index (χ0) is 17.9. The van der Waals surface area contributed by atoms with Gasteiger partial charge in [0.1, 0.15) is 0 Å². The first-order chi connectivity index (χ1) is 12.2. The minimum absolute atomic E-state index is 0.244. The summed E-state index contributed by atoms with van der Waals surface area (Å²) in [7, 11) is 0. The largest absolute Gasteiger partial charge is 0.357 e. The van der Waals surface area contributed by atoms with E-state index >= 15 is 0 Å². The SMILES string of the molecule is CCNC(=NCCCn1cccn1)NCCC(=O)N1CCCC(C)C1. The van der Waals surface area contributed by atoms with Crippen molar-refractivity contribution >= 4 is 11.9 Å². The lowest BCUT2D eigenvalue weighted by Gasteiger charge is -2.31. The standard InChI is InChI=1S/C18H32N6O/c1-3-19-18(20-9-5-13-24-14-6-10-22-24)21-11-8-17(25)23-12-4-7-16(2)15-23/h6,10,14,16H,3-5,7-9,11-13,15H2,1-2H3,(H2,19,20,21). The first kappa shape index (κ1) is 19.3. The maximum atomic E-state index is 12.3. The number of nitrogens with zero attached hydrogens (tertiary/aromatic N) is 4. The molecule has 0 bridgehead atoms. The second-order valence-corrected chi connectivity index (χ2v) is 6.65. The molecule has 7 nitrogen and oxygen atoms in total. The van der Waals surface area contributed by atoms with Gasteiger partial charge in [0, 0.05) is 58.1 Å². The maximum absolute atomic E-state index is 12.3. The summed E-state index contributed by atoms with van der Waals surface area (Å²) >= 11 is 0. The van der Waals surface area contributed by atoms with Crippen LogP contribution in [-0.4, -0.2) is 59.3 Å². The fourth-order valence-electron chi connectivity index (χ4n) is 3.06. The summed E-state index contributed by atoms with van der Waals surface area (Å²) in [6.07, 6.45) is 7.56. The van der Waals surface area contributed by atoms with E-state index < -0.39 is 0 Å². The van der Waals surface area contributed by atoms with Crippen molar-refractivity contribution in [2.45, 2.75) is 46.1 Å².